The molecule has 0 spiro atoms. The third-order valence-corrected chi connectivity index (χ3v) is 2.69. The second-order valence-electron chi connectivity index (χ2n) is 4.30. The molecule has 2 rings (SSSR count). The minimum atomic E-state index is -3.72. The van der Waals surface area contributed by atoms with E-state index in [1.165, 1.54) is 24.3 Å². The predicted molar refractivity (Wildman–Crippen MR) is 81.9 cm³/mol. The Bertz CT molecular complexity index is 689. The molecule has 7 heteroatoms. The molecular weight excluding hydrogens is 341 g/mol. The van der Waals surface area contributed by atoms with Crippen LogP contribution in [0.15, 0.2) is 36.4 Å². The lowest BCUT2D eigenvalue weighted by molar-refractivity contribution is 0.621. The lowest BCUT2D eigenvalue weighted by Gasteiger charge is -2.09. The van der Waals surface area contributed by atoms with Gasteiger partial charge in [0.2, 0.25) is 0 Å². The molecule has 0 saturated carbocycles. The number of benzene rings is 2. The summed E-state index contributed by atoms with van der Waals surface area (Å²) in [4.78, 5) is 0. The van der Waals surface area contributed by atoms with Crippen molar-refractivity contribution in [3.8, 4) is 11.1 Å². The zero-order valence-corrected chi connectivity index (χ0v) is 13.5. The quantitative estimate of drug-likeness (QED) is 0.680. The van der Waals surface area contributed by atoms with E-state index < -0.39 is 8.26 Å². The van der Waals surface area contributed by atoms with Crippen molar-refractivity contribution in [3.05, 3.63) is 59.2 Å². The number of halogens is 4. The van der Waals surface area contributed by atoms with Crippen LogP contribution in [0.2, 0.25) is 0 Å². The van der Waals surface area contributed by atoms with E-state index in [4.69, 9.17) is 8.42 Å². The van der Waals surface area contributed by atoms with Gasteiger partial charge >= 0.3 is 8.26 Å². The molecule has 0 unspecified atom stereocenters. The van der Waals surface area contributed by atoms with Gasteiger partial charge in [-0.15, -0.1) is 0 Å². The van der Waals surface area contributed by atoms with Gasteiger partial charge in [-0.2, -0.15) is 8.42 Å². The molecule has 0 saturated heterocycles. The van der Waals surface area contributed by atoms with Gasteiger partial charge in [-0.1, -0.05) is 12.1 Å². The minimum Gasteiger partial charge on any atom is -0.207 e. The molecule has 0 amide bonds. The molecule has 2 nitrogen and oxygen atoms in total. The van der Waals surface area contributed by atoms with Crippen molar-refractivity contribution in [1.82, 2.24) is 0 Å². The SMILES string of the molecule is Cc1ccc(F)cc1-c1cc(F)ccc1C.O=S(=O)(Cl)Cl. The smallest absolute Gasteiger partial charge is 0.207 e. The van der Waals surface area contributed by atoms with Crippen LogP contribution in [0.3, 0.4) is 0 Å². The highest BCUT2D eigenvalue weighted by atomic mass is 36.0. The van der Waals surface area contributed by atoms with Crippen LogP contribution < -0.4 is 0 Å². The summed E-state index contributed by atoms with van der Waals surface area (Å²) < 4.78 is 44.7. The fourth-order valence-electron chi connectivity index (χ4n) is 1.77. The van der Waals surface area contributed by atoms with Crippen LogP contribution >= 0.6 is 21.4 Å². The predicted octanol–water partition coefficient (Wildman–Crippen LogP) is 4.96. The van der Waals surface area contributed by atoms with Gasteiger partial charge in [0.1, 0.15) is 11.6 Å². The normalized spacial score (nSPS) is 10.8. The largest absolute Gasteiger partial charge is 0.317 e. The van der Waals surface area contributed by atoms with Gasteiger partial charge in [0, 0.05) is 21.4 Å². The lowest BCUT2D eigenvalue weighted by Crippen LogP contribution is -1.89. The Balaban J connectivity index is 0.000000383. The Kier molecular flexibility index (Phi) is 6.13. The zero-order valence-electron chi connectivity index (χ0n) is 11.2. The molecule has 0 aromatic heterocycles. The molecule has 2 aromatic carbocycles. The highest BCUT2D eigenvalue weighted by Gasteiger charge is 2.07. The van der Waals surface area contributed by atoms with E-state index in [0.29, 0.717) is 0 Å². The molecule has 0 aliphatic carbocycles. The van der Waals surface area contributed by atoms with Crippen molar-refractivity contribution in [1.29, 1.82) is 0 Å². The first-order valence-corrected chi connectivity index (χ1v) is 8.88. The molecule has 21 heavy (non-hydrogen) atoms. The first-order valence-electron chi connectivity index (χ1n) is 5.75. The maximum Gasteiger partial charge on any atom is 0.317 e. The first-order chi connectivity index (χ1) is 9.58. The number of aryl methyl sites for hydroxylation is 2. The molecule has 0 N–H and O–H groups in total. The Morgan fingerprint density at radius 3 is 1.38 bits per heavy atom. The molecular formula is C14H12Cl2F2O2S. The van der Waals surface area contributed by atoms with Gasteiger partial charge in [0.05, 0.1) is 0 Å². The van der Waals surface area contributed by atoms with Gasteiger partial charge in [0.25, 0.3) is 0 Å². The summed E-state index contributed by atoms with van der Waals surface area (Å²) in [6.45, 7) is 3.78. The average Bonchev–Trinajstić information content (AvgIpc) is 2.33. The van der Waals surface area contributed by atoms with Crippen LogP contribution in [0.1, 0.15) is 11.1 Å². The highest BCUT2D eigenvalue weighted by molar-refractivity contribution is 8.31. The minimum absolute atomic E-state index is 0.302. The second-order valence-corrected chi connectivity index (χ2v) is 7.97. The number of rotatable bonds is 1. The summed E-state index contributed by atoms with van der Waals surface area (Å²) >= 11 is 0. The van der Waals surface area contributed by atoms with Crippen LogP contribution in [-0.4, -0.2) is 8.42 Å². The topological polar surface area (TPSA) is 34.1 Å². The molecule has 0 aliphatic heterocycles. The molecule has 2 aromatic rings. The maximum atomic E-state index is 13.2. The van der Waals surface area contributed by atoms with Crippen LogP contribution in [0.4, 0.5) is 8.78 Å². The summed E-state index contributed by atoms with van der Waals surface area (Å²) in [6, 6.07) is 9.11. The van der Waals surface area contributed by atoms with E-state index in [1.54, 1.807) is 12.1 Å². The monoisotopic (exact) mass is 352 g/mol. The van der Waals surface area contributed by atoms with Crippen LogP contribution in [-0.2, 0) is 8.26 Å². The van der Waals surface area contributed by atoms with Crippen LogP contribution in [0.5, 0.6) is 0 Å². The molecule has 0 atom stereocenters. The molecule has 0 bridgehead atoms. The van der Waals surface area contributed by atoms with Crippen LogP contribution in [0.25, 0.3) is 11.1 Å². The van der Waals surface area contributed by atoms with E-state index in [0.717, 1.165) is 22.3 Å². The van der Waals surface area contributed by atoms with Crippen LogP contribution in [0, 0.1) is 25.5 Å². The third-order valence-electron chi connectivity index (χ3n) is 2.69. The Morgan fingerprint density at radius 1 is 0.810 bits per heavy atom. The Morgan fingerprint density at radius 2 is 1.10 bits per heavy atom. The summed E-state index contributed by atoms with van der Waals surface area (Å²) in [5, 5.41) is 0. The molecule has 114 valence electrons. The van der Waals surface area contributed by atoms with Gasteiger partial charge < -0.3 is 0 Å². The first kappa shape index (κ1) is 17.9. The van der Waals surface area contributed by atoms with Crippen molar-refractivity contribution in [3.63, 3.8) is 0 Å². The van der Waals surface area contributed by atoms with E-state index in [1.807, 2.05) is 13.8 Å². The third kappa shape index (κ3) is 6.42. The Labute approximate surface area is 131 Å². The highest BCUT2D eigenvalue weighted by Crippen LogP contribution is 2.27. The van der Waals surface area contributed by atoms with E-state index in [2.05, 4.69) is 21.4 Å². The molecule has 0 fully saturated rings. The van der Waals surface area contributed by atoms with Crippen molar-refractivity contribution in [2.75, 3.05) is 0 Å². The van der Waals surface area contributed by atoms with E-state index >= 15 is 0 Å². The fraction of sp³-hybridized carbons (Fsp3) is 0.143. The standard InChI is InChI=1S/C14H12F2.Cl2O2S/c1-9-3-5-11(15)7-13(9)14-8-12(16)6-4-10(14)2;1-5(2,3)4/h3-8H,1-2H3;. The number of hydrogen-bond acceptors (Lipinski definition) is 2. The zero-order chi connectivity index (χ0) is 16.2. The maximum absolute atomic E-state index is 13.2. The summed E-state index contributed by atoms with van der Waals surface area (Å²) in [6.07, 6.45) is 0. The molecule has 0 radical (unpaired) electrons. The summed E-state index contributed by atoms with van der Waals surface area (Å²) in [5.74, 6) is -0.603. The van der Waals surface area contributed by atoms with E-state index in [9.17, 15) is 8.78 Å². The van der Waals surface area contributed by atoms with E-state index in [-0.39, 0.29) is 11.6 Å². The van der Waals surface area contributed by atoms with Gasteiger partial charge in [-0.05, 0) is 60.4 Å². The summed E-state index contributed by atoms with van der Waals surface area (Å²) in [7, 11) is 4.81. The van der Waals surface area contributed by atoms with Gasteiger partial charge in [-0.3, -0.25) is 0 Å². The van der Waals surface area contributed by atoms with Gasteiger partial charge in [-0.25, -0.2) is 8.78 Å². The Hall–Kier alpha value is -1.17. The fourth-order valence-corrected chi connectivity index (χ4v) is 1.77. The van der Waals surface area contributed by atoms with Crippen molar-refractivity contribution < 1.29 is 17.2 Å². The molecule has 0 aliphatic rings. The molecule has 0 heterocycles. The average molecular weight is 353 g/mol. The summed E-state index contributed by atoms with van der Waals surface area (Å²) in [5.41, 5.74) is 3.37. The van der Waals surface area contributed by atoms with Crippen molar-refractivity contribution in [2.24, 2.45) is 0 Å². The second kappa shape index (κ2) is 7.20. The lowest BCUT2D eigenvalue weighted by atomic mass is 9.96. The van der Waals surface area contributed by atoms with Gasteiger partial charge in [0.15, 0.2) is 0 Å². The van der Waals surface area contributed by atoms with Crippen molar-refractivity contribution in [2.45, 2.75) is 13.8 Å². The number of hydrogen-bond donors (Lipinski definition) is 0. The van der Waals surface area contributed by atoms with Crippen molar-refractivity contribution >= 4 is 29.6 Å².